The molecule has 0 atom stereocenters. The van der Waals surface area contributed by atoms with Crippen molar-refractivity contribution in [3.05, 3.63) is 47.5 Å². The van der Waals surface area contributed by atoms with Gasteiger partial charge in [0.15, 0.2) is 11.4 Å². The van der Waals surface area contributed by atoms with E-state index in [1.54, 1.807) is 12.1 Å². The van der Waals surface area contributed by atoms with Crippen molar-refractivity contribution in [3.8, 4) is 17.9 Å². The van der Waals surface area contributed by atoms with Crippen LogP contribution in [0.25, 0.3) is 0 Å². The van der Waals surface area contributed by atoms with Crippen molar-refractivity contribution in [2.24, 2.45) is 0 Å². The Hall–Kier alpha value is -2.93. The summed E-state index contributed by atoms with van der Waals surface area (Å²) in [5, 5.41) is 17.8. The van der Waals surface area contributed by atoms with E-state index in [1.165, 1.54) is 23.0 Å². The molecule has 0 aliphatic heterocycles. The third-order valence-corrected chi connectivity index (χ3v) is 2.53. The molecule has 7 heteroatoms. The SMILES string of the molecule is N#Cc1ncn(Cc2cccc(OC(F)F)c2)c1C#N. The fraction of sp³-hybridized carbons (Fsp3) is 0.154. The lowest BCUT2D eigenvalue weighted by Gasteiger charge is -2.08. The van der Waals surface area contributed by atoms with E-state index in [1.807, 2.05) is 12.1 Å². The highest BCUT2D eigenvalue weighted by Gasteiger charge is 2.11. The van der Waals surface area contributed by atoms with Crippen LogP contribution in [-0.2, 0) is 6.54 Å². The van der Waals surface area contributed by atoms with E-state index in [0.29, 0.717) is 5.56 Å². The van der Waals surface area contributed by atoms with Gasteiger partial charge in [-0.3, -0.25) is 0 Å². The van der Waals surface area contributed by atoms with Gasteiger partial charge >= 0.3 is 6.61 Å². The van der Waals surface area contributed by atoms with Gasteiger partial charge in [0.2, 0.25) is 0 Å². The van der Waals surface area contributed by atoms with Crippen molar-refractivity contribution >= 4 is 0 Å². The Kier molecular flexibility index (Phi) is 3.92. The summed E-state index contributed by atoms with van der Waals surface area (Å²) in [4.78, 5) is 3.80. The van der Waals surface area contributed by atoms with Crippen LogP contribution in [0.3, 0.4) is 0 Å². The first-order chi connectivity index (χ1) is 9.63. The molecule has 100 valence electrons. The zero-order valence-electron chi connectivity index (χ0n) is 10.1. The molecule has 0 N–H and O–H groups in total. The van der Waals surface area contributed by atoms with Gasteiger partial charge in [0.1, 0.15) is 17.9 Å². The van der Waals surface area contributed by atoms with Crippen LogP contribution in [0, 0.1) is 22.7 Å². The fourth-order valence-corrected chi connectivity index (χ4v) is 1.72. The quantitative estimate of drug-likeness (QED) is 0.857. The average Bonchev–Trinajstić information content (AvgIpc) is 2.80. The molecule has 0 aliphatic rings. The molecule has 1 aromatic carbocycles. The highest BCUT2D eigenvalue weighted by Crippen LogP contribution is 2.17. The smallest absolute Gasteiger partial charge is 0.387 e. The van der Waals surface area contributed by atoms with Gasteiger partial charge in [-0.2, -0.15) is 19.3 Å². The third kappa shape index (κ3) is 2.90. The van der Waals surface area contributed by atoms with Gasteiger partial charge in [0.25, 0.3) is 0 Å². The number of hydrogen-bond donors (Lipinski definition) is 0. The molecule has 2 aromatic rings. The minimum absolute atomic E-state index is 0.0347. The van der Waals surface area contributed by atoms with Gasteiger partial charge < -0.3 is 9.30 Å². The van der Waals surface area contributed by atoms with E-state index >= 15 is 0 Å². The van der Waals surface area contributed by atoms with E-state index in [4.69, 9.17) is 10.5 Å². The van der Waals surface area contributed by atoms with Gasteiger partial charge in [-0.15, -0.1) is 0 Å². The first kappa shape index (κ1) is 13.5. The Labute approximate surface area is 113 Å². The molecule has 0 saturated heterocycles. The Balaban J connectivity index is 2.25. The Bertz CT molecular complexity index is 697. The number of nitriles is 2. The molecule has 0 aliphatic carbocycles. The number of imidazole rings is 1. The third-order valence-electron chi connectivity index (χ3n) is 2.53. The van der Waals surface area contributed by atoms with Gasteiger partial charge in [0, 0.05) is 6.54 Å². The molecule has 0 saturated carbocycles. The number of aromatic nitrogens is 2. The fourth-order valence-electron chi connectivity index (χ4n) is 1.72. The molecule has 5 nitrogen and oxygen atoms in total. The van der Waals surface area contributed by atoms with Crippen molar-refractivity contribution in [2.75, 3.05) is 0 Å². The van der Waals surface area contributed by atoms with Crippen molar-refractivity contribution in [1.82, 2.24) is 9.55 Å². The van der Waals surface area contributed by atoms with Crippen LogP contribution in [0.5, 0.6) is 5.75 Å². The van der Waals surface area contributed by atoms with Crippen LogP contribution >= 0.6 is 0 Å². The van der Waals surface area contributed by atoms with E-state index in [0.717, 1.165) is 0 Å². The van der Waals surface area contributed by atoms with Gasteiger partial charge in [-0.05, 0) is 17.7 Å². The lowest BCUT2D eigenvalue weighted by molar-refractivity contribution is -0.0498. The minimum atomic E-state index is -2.89. The summed E-state index contributed by atoms with van der Waals surface area (Å²) in [6.07, 6.45) is 1.36. The average molecular weight is 274 g/mol. The summed E-state index contributed by atoms with van der Waals surface area (Å²) in [5.74, 6) is 0.0385. The summed E-state index contributed by atoms with van der Waals surface area (Å²) in [7, 11) is 0. The first-order valence-corrected chi connectivity index (χ1v) is 5.53. The summed E-state index contributed by atoms with van der Waals surface area (Å²) >= 11 is 0. The second-order valence-electron chi connectivity index (χ2n) is 3.82. The molecule has 0 fully saturated rings. The molecule has 0 bridgehead atoms. The number of alkyl halides is 2. The Morgan fingerprint density at radius 1 is 1.30 bits per heavy atom. The molecule has 1 aromatic heterocycles. The van der Waals surface area contributed by atoms with Crippen molar-refractivity contribution in [2.45, 2.75) is 13.2 Å². The van der Waals surface area contributed by atoms with Crippen LogP contribution in [0.2, 0.25) is 0 Å². The molecular weight excluding hydrogens is 266 g/mol. The molecule has 2 rings (SSSR count). The number of hydrogen-bond acceptors (Lipinski definition) is 4. The minimum Gasteiger partial charge on any atom is -0.435 e. The van der Waals surface area contributed by atoms with Crippen LogP contribution in [0.15, 0.2) is 30.6 Å². The summed E-state index contributed by atoms with van der Waals surface area (Å²) in [5.41, 5.74) is 0.821. The number of benzene rings is 1. The maximum Gasteiger partial charge on any atom is 0.387 e. The molecule has 20 heavy (non-hydrogen) atoms. The van der Waals surface area contributed by atoms with E-state index < -0.39 is 6.61 Å². The van der Waals surface area contributed by atoms with Gasteiger partial charge in [-0.1, -0.05) is 12.1 Å². The standard InChI is InChI=1S/C13H8F2N4O/c14-13(15)20-10-3-1-2-9(4-10)7-19-8-18-11(5-16)12(19)6-17/h1-4,8,13H,7H2. The van der Waals surface area contributed by atoms with Gasteiger partial charge in [0.05, 0.1) is 6.33 Å². The lowest BCUT2D eigenvalue weighted by atomic mass is 10.2. The van der Waals surface area contributed by atoms with E-state index in [-0.39, 0.29) is 23.7 Å². The summed E-state index contributed by atoms with van der Waals surface area (Å²) < 4.78 is 30.0. The first-order valence-electron chi connectivity index (χ1n) is 5.53. The maximum atomic E-state index is 12.1. The second-order valence-corrected chi connectivity index (χ2v) is 3.82. The number of nitrogens with zero attached hydrogens (tertiary/aromatic N) is 4. The lowest BCUT2D eigenvalue weighted by Crippen LogP contribution is -2.04. The number of halogens is 2. The topological polar surface area (TPSA) is 74.6 Å². The van der Waals surface area contributed by atoms with Crippen molar-refractivity contribution in [3.63, 3.8) is 0 Å². The monoisotopic (exact) mass is 274 g/mol. The van der Waals surface area contributed by atoms with Crippen LogP contribution in [0.4, 0.5) is 8.78 Å². The highest BCUT2D eigenvalue weighted by molar-refractivity contribution is 5.37. The highest BCUT2D eigenvalue weighted by atomic mass is 19.3. The second kappa shape index (κ2) is 5.81. The molecule has 0 spiro atoms. The van der Waals surface area contributed by atoms with Crippen molar-refractivity contribution < 1.29 is 13.5 Å². The Morgan fingerprint density at radius 2 is 2.10 bits per heavy atom. The maximum absolute atomic E-state index is 12.1. The van der Waals surface area contributed by atoms with Crippen LogP contribution in [0.1, 0.15) is 17.0 Å². The summed E-state index contributed by atoms with van der Waals surface area (Å²) in [6, 6.07) is 9.83. The van der Waals surface area contributed by atoms with Crippen molar-refractivity contribution in [1.29, 1.82) is 10.5 Å². The number of ether oxygens (including phenoxy) is 1. The molecular formula is C13H8F2N4O. The molecule has 0 radical (unpaired) electrons. The molecule has 0 unspecified atom stereocenters. The predicted octanol–water partition coefficient (Wildman–Crippen LogP) is 2.28. The van der Waals surface area contributed by atoms with Gasteiger partial charge in [-0.25, -0.2) is 4.98 Å². The predicted molar refractivity (Wildman–Crippen MR) is 63.8 cm³/mol. The molecule has 1 heterocycles. The van der Waals surface area contributed by atoms with E-state index in [9.17, 15) is 8.78 Å². The summed E-state index contributed by atoms with van der Waals surface area (Å²) in [6.45, 7) is -2.66. The molecule has 0 amide bonds. The van der Waals surface area contributed by atoms with Crippen LogP contribution in [-0.4, -0.2) is 16.2 Å². The zero-order valence-corrected chi connectivity index (χ0v) is 10.1. The van der Waals surface area contributed by atoms with Crippen LogP contribution < -0.4 is 4.74 Å². The Morgan fingerprint density at radius 3 is 2.75 bits per heavy atom. The largest absolute Gasteiger partial charge is 0.435 e. The van der Waals surface area contributed by atoms with E-state index in [2.05, 4.69) is 9.72 Å². The number of rotatable bonds is 4. The zero-order chi connectivity index (χ0) is 14.5. The normalized spacial score (nSPS) is 10.1.